The zero-order chi connectivity index (χ0) is 19.0. The van der Waals surface area contributed by atoms with E-state index >= 15 is 0 Å². The van der Waals surface area contributed by atoms with Gasteiger partial charge in [0.15, 0.2) is 5.13 Å². The summed E-state index contributed by atoms with van der Waals surface area (Å²) in [7, 11) is 0. The lowest BCUT2D eigenvalue weighted by molar-refractivity contribution is 0.102. The molecule has 1 aromatic carbocycles. The van der Waals surface area contributed by atoms with Gasteiger partial charge in [0.05, 0.1) is 22.3 Å². The third-order valence-electron chi connectivity index (χ3n) is 3.81. The van der Waals surface area contributed by atoms with Gasteiger partial charge in [-0.1, -0.05) is 6.07 Å². The van der Waals surface area contributed by atoms with Crippen molar-refractivity contribution in [1.82, 2.24) is 14.5 Å². The first-order chi connectivity index (χ1) is 13.0. The number of aryl methyl sites for hydroxylation is 1. The van der Waals surface area contributed by atoms with Crippen LogP contribution in [0.2, 0.25) is 0 Å². The van der Waals surface area contributed by atoms with E-state index in [4.69, 9.17) is 0 Å². The topological polar surface area (TPSA) is 59.8 Å². The lowest BCUT2D eigenvalue weighted by Gasteiger charge is -2.09. The molecule has 9 heteroatoms. The minimum atomic E-state index is -0.926. The summed E-state index contributed by atoms with van der Waals surface area (Å²) in [5.74, 6) is -1.38. The number of anilines is 1. The van der Waals surface area contributed by atoms with Crippen molar-refractivity contribution >= 4 is 34.4 Å². The predicted octanol–water partition coefficient (Wildman–Crippen LogP) is 4.90. The molecule has 0 radical (unpaired) electrons. The van der Waals surface area contributed by atoms with E-state index in [1.165, 1.54) is 17.5 Å². The highest BCUT2D eigenvalue weighted by atomic mass is 32.1. The number of thiazole rings is 1. The number of thiophene rings is 1. The normalized spacial score (nSPS) is 10.9. The van der Waals surface area contributed by atoms with Gasteiger partial charge in [-0.3, -0.25) is 9.36 Å². The first-order valence-corrected chi connectivity index (χ1v) is 9.59. The Hall–Kier alpha value is -2.91. The van der Waals surface area contributed by atoms with E-state index in [0.717, 1.165) is 22.7 Å². The second kappa shape index (κ2) is 7.01. The zero-order valence-electron chi connectivity index (χ0n) is 13.9. The fraction of sp³-hybridized carbons (Fsp3) is 0.0556. The smallest absolute Gasteiger partial charge is 0.259 e. The van der Waals surface area contributed by atoms with Crippen LogP contribution >= 0.6 is 22.7 Å². The molecule has 0 atom stereocenters. The number of nitrogens with zero attached hydrogens (tertiary/aromatic N) is 3. The van der Waals surface area contributed by atoms with Gasteiger partial charge in [0.2, 0.25) is 0 Å². The van der Waals surface area contributed by atoms with Crippen molar-refractivity contribution in [2.24, 2.45) is 0 Å². The molecule has 1 amide bonds. The van der Waals surface area contributed by atoms with E-state index in [0.29, 0.717) is 22.8 Å². The molecule has 0 saturated heterocycles. The summed E-state index contributed by atoms with van der Waals surface area (Å²) >= 11 is 2.99. The Bertz CT molecular complexity index is 1120. The maximum Gasteiger partial charge on any atom is 0.259 e. The van der Waals surface area contributed by atoms with Gasteiger partial charge in [-0.05, 0) is 30.5 Å². The fourth-order valence-electron chi connectivity index (χ4n) is 2.54. The minimum Gasteiger partial charge on any atom is -0.306 e. The average Bonchev–Trinajstić information content (AvgIpc) is 3.35. The molecule has 3 heterocycles. The van der Waals surface area contributed by atoms with Crippen LogP contribution in [-0.2, 0) is 0 Å². The molecule has 0 aliphatic rings. The van der Waals surface area contributed by atoms with Crippen molar-refractivity contribution in [2.75, 3.05) is 5.32 Å². The summed E-state index contributed by atoms with van der Waals surface area (Å²) in [5, 5.41) is 7.14. The molecule has 0 bridgehead atoms. The second-order valence-electron chi connectivity index (χ2n) is 5.60. The number of carbonyl (C=O) groups is 1. The van der Waals surface area contributed by atoms with E-state index in [-0.39, 0.29) is 5.56 Å². The summed E-state index contributed by atoms with van der Waals surface area (Å²) in [6.07, 6.45) is 1.47. The van der Waals surface area contributed by atoms with Crippen molar-refractivity contribution < 1.29 is 13.6 Å². The average molecular weight is 402 g/mol. The van der Waals surface area contributed by atoms with Gasteiger partial charge in [0, 0.05) is 11.4 Å². The second-order valence-corrected chi connectivity index (χ2v) is 7.38. The molecule has 0 spiro atoms. The SMILES string of the molecule is Cc1ncc(NC(=O)c2ccc(F)cc2F)n1-c1nc(-c2cccs2)cs1. The Balaban J connectivity index is 1.65. The van der Waals surface area contributed by atoms with Gasteiger partial charge < -0.3 is 5.32 Å². The Morgan fingerprint density at radius 2 is 2.07 bits per heavy atom. The number of amides is 1. The Morgan fingerprint density at radius 1 is 1.22 bits per heavy atom. The molecular weight excluding hydrogens is 390 g/mol. The highest BCUT2D eigenvalue weighted by molar-refractivity contribution is 7.15. The monoisotopic (exact) mass is 402 g/mol. The maximum absolute atomic E-state index is 13.9. The fourth-order valence-corrected chi connectivity index (χ4v) is 4.18. The number of carbonyl (C=O) groups excluding carboxylic acids is 1. The Kier molecular flexibility index (Phi) is 4.54. The minimum absolute atomic E-state index is 0.250. The third kappa shape index (κ3) is 3.38. The van der Waals surface area contributed by atoms with Gasteiger partial charge >= 0.3 is 0 Å². The van der Waals surface area contributed by atoms with Crippen LogP contribution < -0.4 is 5.32 Å². The number of benzene rings is 1. The van der Waals surface area contributed by atoms with Crippen LogP contribution in [0.5, 0.6) is 0 Å². The van der Waals surface area contributed by atoms with Crippen LogP contribution in [0, 0.1) is 18.6 Å². The summed E-state index contributed by atoms with van der Waals surface area (Å²) in [5.41, 5.74) is 0.583. The number of nitrogens with one attached hydrogen (secondary N) is 1. The lowest BCUT2D eigenvalue weighted by atomic mass is 10.2. The largest absolute Gasteiger partial charge is 0.306 e. The first-order valence-electron chi connectivity index (χ1n) is 7.83. The molecule has 0 unspecified atom stereocenters. The number of hydrogen-bond acceptors (Lipinski definition) is 5. The molecule has 5 nitrogen and oxygen atoms in total. The van der Waals surface area contributed by atoms with Crippen LogP contribution in [0.15, 0.2) is 47.3 Å². The molecule has 4 aromatic rings. The molecule has 0 aliphatic carbocycles. The molecule has 0 fully saturated rings. The quantitative estimate of drug-likeness (QED) is 0.528. The molecule has 4 rings (SSSR count). The summed E-state index contributed by atoms with van der Waals surface area (Å²) < 4.78 is 28.6. The number of rotatable bonds is 4. The van der Waals surface area contributed by atoms with Crippen molar-refractivity contribution in [3.05, 3.63) is 70.3 Å². The van der Waals surface area contributed by atoms with Crippen LogP contribution in [0.25, 0.3) is 15.7 Å². The van der Waals surface area contributed by atoms with Crippen molar-refractivity contribution in [2.45, 2.75) is 6.92 Å². The highest BCUT2D eigenvalue weighted by Gasteiger charge is 2.18. The van der Waals surface area contributed by atoms with Gasteiger partial charge in [-0.2, -0.15) is 0 Å². The molecular formula is C18H12F2N4OS2. The van der Waals surface area contributed by atoms with Gasteiger partial charge in [-0.25, -0.2) is 18.7 Å². The van der Waals surface area contributed by atoms with Crippen molar-refractivity contribution in [3.63, 3.8) is 0 Å². The predicted molar refractivity (Wildman–Crippen MR) is 102 cm³/mol. The molecule has 27 heavy (non-hydrogen) atoms. The van der Waals surface area contributed by atoms with Gasteiger partial charge in [0.1, 0.15) is 23.3 Å². The molecule has 0 aliphatic heterocycles. The molecule has 0 saturated carbocycles. The molecule has 136 valence electrons. The number of imidazole rings is 1. The van der Waals surface area contributed by atoms with Gasteiger partial charge in [-0.15, -0.1) is 22.7 Å². The molecule has 3 aromatic heterocycles. The van der Waals surface area contributed by atoms with E-state index in [2.05, 4.69) is 15.3 Å². The van der Waals surface area contributed by atoms with E-state index in [1.54, 1.807) is 22.8 Å². The van der Waals surface area contributed by atoms with Crippen LogP contribution in [0.1, 0.15) is 16.2 Å². The van der Waals surface area contributed by atoms with E-state index in [9.17, 15) is 13.6 Å². The summed E-state index contributed by atoms with van der Waals surface area (Å²) in [6.45, 7) is 1.78. The van der Waals surface area contributed by atoms with Crippen molar-refractivity contribution in [3.8, 4) is 15.7 Å². The van der Waals surface area contributed by atoms with Crippen LogP contribution in [-0.4, -0.2) is 20.4 Å². The van der Waals surface area contributed by atoms with Crippen molar-refractivity contribution in [1.29, 1.82) is 0 Å². The third-order valence-corrected chi connectivity index (χ3v) is 5.53. The number of hydrogen-bond donors (Lipinski definition) is 1. The zero-order valence-corrected chi connectivity index (χ0v) is 15.6. The summed E-state index contributed by atoms with van der Waals surface area (Å²) in [6, 6.07) is 6.74. The van der Waals surface area contributed by atoms with Gasteiger partial charge in [0.25, 0.3) is 5.91 Å². The first kappa shape index (κ1) is 17.5. The van der Waals surface area contributed by atoms with E-state index < -0.39 is 17.5 Å². The van der Waals surface area contributed by atoms with Crippen LogP contribution in [0.3, 0.4) is 0 Å². The van der Waals surface area contributed by atoms with Crippen LogP contribution in [0.4, 0.5) is 14.6 Å². The maximum atomic E-state index is 13.9. The molecule has 1 N–H and O–H groups in total. The van der Waals surface area contributed by atoms with E-state index in [1.807, 2.05) is 22.9 Å². The number of halogens is 2. The standard InChI is InChI=1S/C18H12F2N4OS2/c1-10-21-8-16(23-17(25)12-5-4-11(19)7-13(12)20)24(10)18-22-14(9-27-18)15-3-2-6-26-15/h2-9H,1H3,(H,23,25). The summed E-state index contributed by atoms with van der Waals surface area (Å²) in [4.78, 5) is 22.3. The Labute approximate surface area is 161 Å². The Morgan fingerprint density at radius 3 is 2.81 bits per heavy atom. The number of aromatic nitrogens is 3. The highest BCUT2D eigenvalue weighted by Crippen LogP contribution is 2.30. The lowest BCUT2D eigenvalue weighted by Crippen LogP contribution is -2.16.